The quantitative estimate of drug-likeness (QED) is 0.783. The maximum Gasteiger partial charge on any atom is 0.410 e. The minimum absolute atomic E-state index is 0.0964. The van der Waals surface area contributed by atoms with Crippen molar-refractivity contribution in [3.8, 4) is 0 Å². The summed E-state index contributed by atoms with van der Waals surface area (Å²) in [6, 6.07) is 0. The van der Waals surface area contributed by atoms with Gasteiger partial charge in [-0.25, -0.2) is 4.79 Å². The van der Waals surface area contributed by atoms with Gasteiger partial charge in [-0.2, -0.15) is 0 Å². The fourth-order valence-corrected chi connectivity index (χ4v) is 3.83. The molecule has 2 N–H and O–H groups in total. The molecule has 1 amide bonds. The molecule has 0 bridgehead atoms. The highest BCUT2D eigenvalue weighted by Gasteiger charge is 2.58. The van der Waals surface area contributed by atoms with Crippen LogP contribution >= 0.6 is 7.60 Å². The van der Waals surface area contributed by atoms with Crippen molar-refractivity contribution >= 4 is 13.7 Å². The highest BCUT2D eigenvalue weighted by Crippen LogP contribution is 2.60. The zero-order chi connectivity index (χ0) is 15.6. The summed E-state index contributed by atoms with van der Waals surface area (Å²) >= 11 is 0. The lowest BCUT2D eigenvalue weighted by molar-refractivity contribution is -0.000500. The van der Waals surface area contributed by atoms with Gasteiger partial charge in [0.25, 0.3) is 0 Å². The first-order valence-corrected chi connectivity index (χ1v) is 8.27. The highest BCUT2D eigenvalue weighted by molar-refractivity contribution is 7.55. The molecule has 1 heterocycles. The Morgan fingerprint density at radius 1 is 1.25 bits per heavy atom. The zero-order valence-electron chi connectivity index (χ0n) is 12.8. The molecule has 1 fully saturated rings. The number of ether oxygens (including phenoxy) is 1. The van der Waals surface area contributed by atoms with E-state index in [9.17, 15) is 9.36 Å². The number of amides is 1. The minimum atomic E-state index is -3.44. The van der Waals surface area contributed by atoms with Crippen LogP contribution in [0.3, 0.4) is 0 Å². The third-order valence-electron chi connectivity index (χ3n) is 2.72. The van der Waals surface area contributed by atoms with Gasteiger partial charge in [0.15, 0.2) is 5.28 Å². The summed E-state index contributed by atoms with van der Waals surface area (Å²) in [5.41, 5.74) is 5.51. The van der Waals surface area contributed by atoms with E-state index in [1.54, 1.807) is 34.6 Å². The summed E-state index contributed by atoms with van der Waals surface area (Å²) in [4.78, 5) is 13.2. The predicted octanol–water partition coefficient (Wildman–Crippen LogP) is 2.16. The smallest absolute Gasteiger partial charge is 0.410 e. The fraction of sp³-hybridized carbons (Fsp3) is 0.917. The van der Waals surface area contributed by atoms with Gasteiger partial charge >= 0.3 is 13.7 Å². The monoisotopic (exact) mass is 308 g/mol. The van der Waals surface area contributed by atoms with E-state index < -0.39 is 24.6 Å². The molecule has 0 aliphatic carbocycles. The van der Waals surface area contributed by atoms with Gasteiger partial charge in [0.05, 0.1) is 26.3 Å². The van der Waals surface area contributed by atoms with Crippen LogP contribution in [0.25, 0.3) is 0 Å². The Morgan fingerprint density at radius 2 is 1.70 bits per heavy atom. The van der Waals surface area contributed by atoms with E-state index in [0.29, 0.717) is 0 Å². The van der Waals surface area contributed by atoms with Crippen LogP contribution in [0.1, 0.15) is 34.6 Å². The van der Waals surface area contributed by atoms with Crippen LogP contribution in [-0.4, -0.2) is 48.2 Å². The van der Waals surface area contributed by atoms with Crippen LogP contribution in [0.4, 0.5) is 4.79 Å². The van der Waals surface area contributed by atoms with Crippen molar-refractivity contribution in [1.82, 2.24) is 4.90 Å². The van der Waals surface area contributed by atoms with E-state index >= 15 is 0 Å². The van der Waals surface area contributed by atoms with Gasteiger partial charge in [0.2, 0.25) is 0 Å². The second-order valence-electron chi connectivity index (χ2n) is 5.77. The number of hydrogen-bond acceptors (Lipinski definition) is 6. The molecule has 118 valence electrons. The molecule has 20 heavy (non-hydrogen) atoms. The summed E-state index contributed by atoms with van der Waals surface area (Å²) in [7, 11) is -3.44. The van der Waals surface area contributed by atoms with E-state index in [1.807, 2.05) is 0 Å². The topological polar surface area (TPSA) is 91.1 Å². The first-order chi connectivity index (χ1) is 9.07. The van der Waals surface area contributed by atoms with Crippen molar-refractivity contribution in [2.75, 3.05) is 26.3 Å². The van der Waals surface area contributed by atoms with Crippen molar-refractivity contribution in [2.24, 2.45) is 5.73 Å². The first-order valence-electron chi connectivity index (χ1n) is 6.73. The molecule has 8 heteroatoms. The van der Waals surface area contributed by atoms with Crippen LogP contribution in [0.5, 0.6) is 0 Å². The third-order valence-corrected chi connectivity index (χ3v) is 5.29. The molecule has 1 aliphatic heterocycles. The van der Waals surface area contributed by atoms with E-state index in [1.165, 1.54) is 4.90 Å². The largest absolute Gasteiger partial charge is 0.444 e. The summed E-state index contributed by atoms with van der Waals surface area (Å²) < 4.78 is 28.3. The predicted molar refractivity (Wildman–Crippen MR) is 75.6 cm³/mol. The van der Waals surface area contributed by atoms with Crippen molar-refractivity contribution < 1.29 is 23.1 Å². The maximum absolute atomic E-state index is 12.6. The molecule has 0 spiro atoms. The molecule has 1 aliphatic rings. The number of carbonyl (C=O) groups is 1. The van der Waals surface area contributed by atoms with Gasteiger partial charge in [0.1, 0.15) is 5.60 Å². The Morgan fingerprint density at radius 3 is 2.05 bits per heavy atom. The van der Waals surface area contributed by atoms with Crippen LogP contribution in [0, 0.1) is 0 Å². The molecule has 0 saturated carbocycles. The summed E-state index contributed by atoms with van der Waals surface area (Å²) in [5.74, 6) is 0. The van der Waals surface area contributed by atoms with Crippen LogP contribution in [0.2, 0.25) is 0 Å². The molecule has 1 saturated heterocycles. The van der Waals surface area contributed by atoms with Crippen molar-refractivity contribution in [3.63, 3.8) is 0 Å². The Labute approximate surface area is 120 Å². The number of carbonyl (C=O) groups excluding carboxylic acids is 1. The minimum Gasteiger partial charge on any atom is -0.444 e. The molecule has 0 radical (unpaired) electrons. The molecule has 1 rings (SSSR count). The van der Waals surface area contributed by atoms with Crippen LogP contribution in [0.15, 0.2) is 0 Å². The van der Waals surface area contributed by atoms with Crippen molar-refractivity contribution in [1.29, 1.82) is 0 Å². The third kappa shape index (κ3) is 3.73. The molecule has 0 aromatic rings. The Hall–Kier alpha value is -0.620. The maximum atomic E-state index is 12.6. The van der Waals surface area contributed by atoms with Gasteiger partial charge < -0.3 is 24.4 Å². The number of nitrogens with two attached hydrogens (primary N) is 1. The van der Waals surface area contributed by atoms with E-state index in [-0.39, 0.29) is 26.3 Å². The summed E-state index contributed by atoms with van der Waals surface area (Å²) in [5, 5.41) is -1.16. The molecule has 0 atom stereocenters. The molecular weight excluding hydrogens is 283 g/mol. The Balaban J connectivity index is 2.68. The highest BCUT2D eigenvalue weighted by atomic mass is 31.2. The average molecular weight is 308 g/mol. The lowest BCUT2D eigenvalue weighted by atomic mass is 10.1. The summed E-state index contributed by atoms with van der Waals surface area (Å²) in [6.45, 7) is 9.46. The Kier molecular flexibility index (Phi) is 5.24. The SMILES string of the molecule is CCOP(=O)(OCC)C1(N)CN(C(=O)OC(C)(C)C)C1. The lowest BCUT2D eigenvalue weighted by Gasteiger charge is -2.49. The van der Waals surface area contributed by atoms with E-state index in [0.717, 1.165) is 0 Å². The normalized spacial score (nSPS) is 18.6. The van der Waals surface area contributed by atoms with Gasteiger partial charge in [-0.3, -0.25) is 4.57 Å². The molecule has 0 aromatic heterocycles. The number of likely N-dealkylation sites (tertiary alicyclic amines) is 1. The summed E-state index contributed by atoms with van der Waals surface area (Å²) in [6.07, 6.45) is -0.474. The first kappa shape index (κ1) is 17.4. The standard InChI is InChI=1S/C12H25N2O5P/c1-6-17-20(16,18-7-2)12(13)8-14(9-12)10(15)19-11(3,4)5/h6-9,13H2,1-5H3. The molecule has 7 nitrogen and oxygen atoms in total. The molecule has 0 aromatic carbocycles. The number of hydrogen-bond donors (Lipinski definition) is 1. The van der Waals surface area contributed by atoms with Gasteiger partial charge in [-0.05, 0) is 34.6 Å². The average Bonchev–Trinajstić information content (AvgIpc) is 2.22. The Bertz CT molecular complexity index is 391. The lowest BCUT2D eigenvalue weighted by Crippen LogP contribution is -2.68. The number of rotatable bonds is 5. The zero-order valence-corrected chi connectivity index (χ0v) is 13.7. The molecule has 0 unspecified atom stereocenters. The van der Waals surface area contributed by atoms with Crippen molar-refractivity contribution in [2.45, 2.75) is 45.5 Å². The number of nitrogens with zero attached hydrogens (tertiary/aromatic N) is 1. The van der Waals surface area contributed by atoms with Crippen LogP contribution < -0.4 is 5.73 Å². The van der Waals surface area contributed by atoms with E-state index in [2.05, 4.69) is 0 Å². The van der Waals surface area contributed by atoms with Gasteiger partial charge in [-0.1, -0.05) is 0 Å². The second kappa shape index (κ2) is 6.02. The second-order valence-corrected chi connectivity index (χ2v) is 8.17. The van der Waals surface area contributed by atoms with Crippen LogP contribution in [-0.2, 0) is 18.3 Å². The van der Waals surface area contributed by atoms with Gasteiger partial charge in [-0.15, -0.1) is 0 Å². The molecular formula is C12H25N2O5P. The van der Waals surface area contributed by atoms with Crippen molar-refractivity contribution in [3.05, 3.63) is 0 Å². The fourth-order valence-electron chi connectivity index (χ4n) is 1.88. The van der Waals surface area contributed by atoms with E-state index in [4.69, 9.17) is 19.5 Å². The van der Waals surface area contributed by atoms with Gasteiger partial charge in [0, 0.05) is 0 Å².